The van der Waals surface area contributed by atoms with Crippen LogP contribution in [0.15, 0.2) is 4.42 Å². The first-order valence-electron chi connectivity index (χ1n) is 7.04. The smallest absolute Gasteiger partial charge is 0.208 e. The Morgan fingerprint density at radius 1 is 1.33 bits per heavy atom. The summed E-state index contributed by atoms with van der Waals surface area (Å²) in [5.74, 6) is 1.81. The van der Waals surface area contributed by atoms with E-state index in [9.17, 15) is 0 Å². The second kappa shape index (κ2) is 5.85. The molecule has 4 nitrogen and oxygen atoms in total. The van der Waals surface area contributed by atoms with Gasteiger partial charge in [0.05, 0.1) is 12.2 Å². The molecule has 18 heavy (non-hydrogen) atoms. The molecule has 1 N–H and O–H groups in total. The highest BCUT2D eigenvalue weighted by Gasteiger charge is 2.27. The molecule has 0 aromatic carbocycles. The zero-order valence-corrected chi connectivity index (χ0v) is 12.0. The Balaban J connectivity index is 2.04. The number of oxazole rings is 1. The van der Waals surface area contributed by atoms with Crippen molar-refractivity contribution < 1.29 is 4.42 Å². The summed E-state index contributed by atoms with van der Waals surface area (Å²) in [5, 5.41) is 3.61. The summed E-state index contributed by atoms with van der Waals surface area (Å²) in [4.78, 5) is 7.00. The average molecular weight is 251 g/mol. The Hall–Kier alpha value is -0.870. The van der Waals surface area contributed by atoms with E-state index in [1.807, 2.05) is 13.8 Å². The molecule has 2 unspecified atom stereocenters. The zero-order chi connectivity index (χ0) is 13.1. The summed E-state index contributed by atoms with van der Waals surface area (Å²) in [7, 11) is 0. The van der Waals surface area contributed by atoms with Crippen molar-refractivity contribution in [3.8, 4) is 0 Å². The molecule has 0 amide bonds. The molecule has 1 aliphatic rings. The van der Waals surface area contributed by atoms with Crippen LogP contribution in [0.2, 0.25) is 0 Å². The predicted octanol–water partition coefficient (Wildman–Crippen LogP) is 2.25. The van der Waals surface area contributed by atoms with Crippen LogP contribution < -0.4 is 5.32 Å². The Morgan fingerprint density at radius 3 is 2.67 bits per heavy atom. The van der Waals surface area contributed by atoms with Gasteiger partial charge in [0.2, 0.25) is 5.89 Å². The van der Waals surface area contributed by atoms with Crippen LogP contribution >= 0.6 is 0 Å². The highest BCUT2D eigenvalue weighted by atomic mass is 16.4. The molecule has 102 valence electrons. The average Bonchev–Trinajstić information content (AvgIpc) is 2.68. The standard InChI is InChI=1S/C14H25N3O/c1-5-12-8-17(13(6-2)7-15-12)9-14-16-10(3)11(4)18-14/h12-13,15H,5-9H2,1-4H3. The van der Waals surface area contributed by atoms with E-state index in [1.165, 1.54) is 12.8 Å². The first kappa shape index (κ1) is 13.6. The summed E-state index contributed by atoms with van der Waals surface area (Å²) in [6, 6.07) is 1.20. The molecule has 1 saturated heterocycles. The number of nitrogens with zero attached hydrogens (tertiary/aromatic N) is 2. The molecule has 0 spiro atoms. The molecule has 1 aliphatic heterocycles. The molecular weight excluding hydrogens is 226 g/mol. The number of aryl methyl sites for hydroxylation is 2. The minimum absolute atomic E-state index is 0.598. The third-order valence-electron chi connectivity index (χ3n) is 3.99. The summed E-state index contributed by atoms with van der Waals surface area (Å²) in [6.07, 6.45) is 2.35. The summed E-state index contributed by atoms with van der Waals surface area (Å²) >= 11 is 0. The number of rotatable bonds is 4. The van der Waals surface area contributed by atoms with Crippen molar-refractivity contribution in [1.82, 2.24) is 15.2 Å². The molecule has 1 aromatic heterocycles. The van der Waals surface area contributed by atoms with Gasteiger partial charge in [-0.15, -0.1) is 0 Å². The van der Waals surface area contributed by atoms with Crippen LogP contribution in [0, 0.1) is 13.8 Å². The quantitative estimate of drug-likeness (QED) is 0.891. The van der Waals surface area contributed by atoms with Gasteiger partial charge in [0.15, 0.2) is 0 Å². The molecule has 0 saturated carbocycles. The topological polar surface area (TPSA) is 41.3 Å². The van der Waals surface area contributed by atoms with E-state index < -0.39 is 0 Å². The van der Waals surface area contributed by atoms with Gasteiger partial charge in [-0.05, 0) is 26.7 Å². The minimum atomic E-state index is 0.598. The van der Waals surface area contributed by atoms with Crippen LogP contribution in [0.5, 0.6) is 0 Å². The van der Waals surface area contributed by atoms with Crippen molar-refractivity contribution in [1.29, 1.82) is 0 Å². The van der Waals surface area contributed by atoms with Crippen LogP contribution in [-0.4, -0.2) is 35.1 Å². The van der Waals surface area contributed by atoms with Gasteiger partial charge in [-0.3, -0.25) is 4.90 Å². The van der Waals surface area contributed by atoms with Crippen molar-refractivity contribution in [2.75, 3.05) is 13.1 Å². The number of nitrogens with one attached hydrogen (secondary N) is 1. The highest BCUT2D eigenvalue weighted by molar-refractivity contribution is 5.05. The van der Waals surface area contributed by atoms with Gasteiger partial charge in [0, 0.05) is 25.2 Å². The SMILES string of the molecule is CCC1CN(Cc2nc(C)c(C)o2)C(CC)CN1. The second-order valence-electron chi connectivity index (χ2n) is 5.25. The fourth-order valence-electron chi connectivity index (χ4n) is 2.58. The van der Waals surface area contributed by atoms with Gasteiger partial charge in [-0.2, -0.15) is 0 Å². The molecule has 1 fully saturated rings. The third-order valence-corrected chi connectivity index (χ3v) is 3.99. The molecule has 2 atom stereocenters. The van der Waals surface area contributed by atoms with Crippen molar-refractivity contribution in [2.45, 2.75) is 59.2 Å². The molecule has 2 rings (SSSR count). The largest absolute Gasteiger partial charge is 0.444 e. The van der Waals surface area contributed by atoms with E-state index in [2.05, 4.69) is 29.0 Å². The molecule has 1 aromatic rings. The maximum atomic E-state index is 5.71. The number of hydrogen-bond acceptors (Lipinski definition) is 4. The molecule has 4 heteroatoms. The lowest BCUT2D eigenvalue weighted by molar-refractivity contribution is 0.107. The summed E-state index contributed by atoms with van der Waals surface area (Å²) in [6.45, 7) is 11.5. The lowest BCUT2D eigenvalue weighted by Crippen LogP contribution is -2.55. The molecule has 0 aliphatic carbocycles. The van der Waals surface area contributed by atoms with Gasteiger partial charge < -0.3 is 9.73 Å². The van der Waals surface area contributed by atoms with E-state index in [4.69, 9.17) is 4.42 Å². The first-order valence-corrected chi connectivity index (χ1v) is 7.04. The number of aromatic nitrogens is 1. The maximum absolute atomic E-state index is 5.71. The van der Waals surface area contributed by atoms with Crippen molar-refractivity contribution in [3.05, 3.63) is 17.3 Å². The molecule has 0 radical (unpaired) electrons. The first-order chi connectivity index (χ1) is 8.63. The number of piperazine rings is 1. The maximum Gasteiger partial charge on any atom is 0.208 e. The zero-order valence-electron chi connectivity index (χ0n) is 12.0. The molecule has 2 heterocycles. The van der Waals surface area contributed by atoms with Gasteiger partial charge in [0.25, 0.3) is 0 Å². The van der Waals surface area contributed by atoms with Gasteiger partial charge in [0.1, 0.15) is 5.76 Å². The summed E-state index contributed by atoms with van der Waals surface area (Å²) in [5.41, 5.74) is 1.01. The Labute approximate surface area is 110 Å². The van der Waals surface area contributed by atoms with Crippen molar-refractivity contribution in [3.63, 3.8) is 0 Å². The fraction of sp³-hybridized carbons (Fsp3) is 0.786. The van der Waals surface area contributed by atoms with Crippen LogP contribution in [-0.2, 0) is 6.54 Å². The molecular formula is C14H25N3O. The fourth-order valence-corrected chi connectivity index (χ4v) is 2.58. The lowest BCUT2D eigenvalue weighted by Gasteiger charge is -2.39. The van der Waals surface area contributed by atoms with Gasteiger partial charge in [-0.1, -0.05) is 13.8 Å². The Morgan fingerprint density at radius 2 is 2.11 bits per heavy atom. The van der Waals surface area contributed by atoms with Gasteiger partial charge in [-0.25, -0.2) is 4.98 Å². The van der Waals surface area contributed by atoms with E-state index in [-0.39, 0.29) is 0 Å². The highest BCUT2D eigenvalue weighted by Crippen LogP contribution is 2.17. The number of hydrogen-bond donors (Lipinski definition) is 1. The van der Waals surface area contributed by atoms with Crippen molar-refractivity contribution >= 4 is 0 Å². The van der Waals surface area contributed by atoms with Crippen LogP contribution in [0.4, 0.5) is 0 Å². The predicted molar refractivity (Wildman–Crippen MR) is 72.5 cm³/mol. The van der Waals surface area contributed by atoms with Crippen LogP contribution in [0.1, 0.15) is 44.0 Å². The van der Waals surface area contributed by atoms with Crippen molar-refractivity contribution in [2.24, 2.45) is 0 Å². The Kier molecular flexibility index (Phi) is 4.40. The van der Waals surface area contributed by atoms with E-state index in [0.717, 1.165) is 37.0 Å². The van der Waals surface area contributed by atoms with E-state index in [0.29, 0.717) is 12.1 Å². The Bertz CT molecular complexity index is 369. The van der Waals surface area contributed by atoms with Crippen LogP contribution in [0.3, 0.4) is 0 Å². The second-order valence-corrected chi connectivity index (χ2v) is 5.25. The van der Waals surface area contributed by atoms with Gasteiger partial charge >= 0.3 is 0 Å². The van der Waals surface area contributed by atoms with E-state index in [1.54, 1.807) is 0 Å². The van der Waals surface area contributed by atoms with Crippen LogP contribution in [0.25, 0.3) is 0 Å². The lowest BCUT2D eigenvalue weighted by atomic mass is 10.1. The van der Waals surface area contributed by atoms with E-state index >= 15 is 0 Å². The normalized spacial score (nSPS) is 25.6. The summed E-state index contributed by atoms with van der Waals surface area (Å²) < 4.78 is 5.71. The monoisotopic (exact) mass is 251 g/mol. The molecule has 0 bridgehead atoms. The minimum Gasteiger partial charge on any atom is -0.444 e. The third kappa shape index (κ3) is 2.93.